The van der Waals surface area contributed by atoms with Crippen LogP contribution in [-0.2, 0) is 6.42 Å². The molecule has 1 unspecified atom stereocenters. The third kappa shape index (κ3) is 9.18. The van der Waals surface area contributed by atoms with Crippen LogP contribution in [0.25, 0.3) is 0 Å². The van der Waals surface area contributed by atoms with Gasteiger partial charge in [-0.1, -0.05) is 69.5 Å². The van der Waals surface area contributed by atoms with E-state index in [1.165, 1.54) is 17.5 Å². The van der Waals surface area contributed by atoms with E-state index in [1.807, 2.05) is 29.6 Å². The molecule has 0 aliphatic heterocycles. The lowest BCUT2D eigenvalue weighted by Gasteiger charge is -2.29. The Labute approximate surface area is 197 Å². The van der Waals surface area contributed by atoms with Crippen LogP contribution in [0, 0.1) is 0 Å². The number of nitrogens with one attached hydrogen (secondary N) is 1. The summed E-state index contributed by atoms with van der Waals surface area (Å²) in [7, 11) is 1.92. The highest BCUT2D eigenvalue weighted by Crippen LogP contribution is 2.37. The number of benzene rings is 2. The van der Waals surface area contributed by atoms with E-state index in [-0.39, 0.29) is 5.54 Å². The Morgan fingerprint density at radius 1 is 1.17 bits per heavy atom. The normalized spacial score (nSPS) is 13.1. The van der Waals surface area contributed by atoms with Crippen molar-refractivity contribution in [3.8, 4) is 0 Å². The third-order valence-electron chi connectivity index (χ3n) is 4.60. The number of aliphatic hydroxyl groups excluding tert-OH is 1. The minimum absolute atomic E-state index is 0.0280. The monoisotopic (exact) mass is 518 g/mol. The smallest absolute Gasteiger partial charge is 0.0800 e. The molecular weight excluding hydrogens is 491 g/mol. The van der Waals surface area contributed by atoms with Gasteiger partial charge in [0, 0.05) is 23.1 Å². The van der Waals surface area contributed by atoms with Crippen LogP contribution < -0.4 is 5.32 Å². The molecule has 0 aromatic heterocycles. The second-order valence-electron chi connectivity index (χ2n) is 7.86. The molecule has 0 radical (unpaired) electrons. The Morgan fingerprint density at radius 2 is 1.79 bits per heavy atom. The Bertz CT molecular complexity index is 754. The number of halogens is 3. The van der Waals surface area contributed by atoms with Gasteiger partial charge >= 0.3 is 0 Å². The maximum absolute atomic E-state index is 10.5. The van der Waals surface area contributed by atoms with Gasteiger partial charge in [-0.15, -0.1) is 0 Å². The summed E-state index contributed by atoms with van der Waals surface area (Å²) in [6.45, 7) is 5.40. The lowest BCUT2D eigenvalue weighted by atomic mass is 9.95. The van der Waals surface area contributed by atoms with Crippen molar-refractivity contribution in [3.05, 3.63) is 62.5 Å². The molecule has 3 nitrogen and oxygen atoms in total. The van der Waals surface area contributed by atoms with Crippen LogP contribution in [0.5, 0.6) is 0 Å². The number of aryl methyl sites for hydroxylation is 1. The average Bonchev–Trinajstić information content (AvgIpc) is 2.64. The van der Waals surface area contributed by atoms with Crippen molar-refractivity contribution in [2.24, 2.45) is 0 Å². The molecule has 7 heteroatoms. The molecule has 0 aliphatic rings. The molecular formula is C22H29BrCl2N2OS. The van der Waals surface area contributed by atoms with Crippen LogP contribution in [0.2, 0.25) is 10.0 Å². The summed E-state index contributed by atoms with van der Waals surface area (Å²) >= 11 is 17.4. The van der Waals surface area contributed by atoms with Gasteiger partial charge in [-0.3, -0.25) is 0 Å². The van der Waals surface area contributed by atoms with E-state index in [0.29, 0.717) is 23.1 Å². The predicted octanol–water partition coefficient (Wildman–Crippen LogP) is 6.45. The van der Waals surface area contributed by atoms with Crippen LogP contribution in [0.4, 0.5) is 0 Å². The van der Waals surface area contributed by atoms with Crippen LogP contribution in [0.3, 0.4) is 0 Å². The number of rotatable bonds is 11. The first-order chi connectivity index (χ1) is 13.7. The number of nitrogens with zero attached hydrogens (tertiary/aromatic N) is 1. The van der Waals surface area contributed by atoms with Gasteiger partial charge in [-0.25, -0.2) is 4.31 Å². The Morgan fingerprint density at radius 3 is 2.41 bits per heavy atom. The van der Waals surface area contributed by atoms with Crippen molar-refractivity contribution in [1.82, 2.24) is 9.62 Å². The predicted molar refractivity (Wildman–Crippen MR) is 130 cm³/mol. The van der Waals surface area contributed by atoms with Crippen LogP contribution >= 0.6 is 51.1 Å². The lowest BCUT2D eigenvalue weighted by Crippen LogP contribution is -2.45. The maximum atomic E-state index is 10.5. The Balaban J connectivity index is 1.74. The molecule has 29 heavy (non-hydrogen) atoms. The number of β-amino-alcohol motifs (C(OH)–C–C–N with tert-alkyl or cyclic N) is 1. The highest BCUT2D eigenvalue weighted by molar-refractivity contribution is 9.10. The van der Waals surface area contributed by atoms with E-state index >= 15 is 0 Å². The molecule has 2 aromatic rings. The van der Waals surface area contributed by atoms with Crippen molar-refractivity contribution in [2.45, 2.75) is 49.6 Å². The van der Waals surface area contributed by atoms with Gasteiger partial charge in [-0.2, -0.15) is 0 Å². The van der Waals surface area contributed by atoms with E-state index < -0.39 is 6.10 Å². The second-order valence-corrected chi connectivity index (χ2v) is 10.8. The zero-order chi connectivity index (χ0) is 21.4. The summed E-state index contributed by atoms with van der Waals surface area (Å²) < 4.78 is 2.80. The molecule has 0 fully saturated rings. The highest BCUT2D eigenvalue weighted by atomic mass is 79.9. The number of likely N-dealkylation sites (N-methyl/N-ethyl adjacent to an activating group) is 1. The van der Waals surface area contributed by atoms with Gasteiger partial charge in [0.1, 0.15) is 0 Å². The molecule has 1 atom stereocenters. The first-order valence-electron chi connectivity index (χ1n) is 9.67. The Hall–Kier alpha value is -0.270. The van der Waals surface area contributed by atoms with Gasteiger partial charge in [-0.05, 0) is 69.8 Å². The molecule has 0 aliphatic carbocycles. The maximum Gasteiger partial charge on any atom is 0.0800 e. The highest BCUT2D eigenvalue weighted by Gasteiger charge is 2.20. The number of aliphatic hydroxyl groups is 1. The zero-order valence-corrected chi connectivity index (χ0v) is 21.0. The Kier molecular flexibility index (Phi) is 10.3. The minimum atomic E-state index is -0.492. The molecule has 0 saturated heterocycles. The second kappa shape index (κ2) is 11.9. The van der Waals surface area contributed by atoms with Crippen molar-refractivity contribution in [1.29, 1.82) is 0 Å². The summed E-state index contributed by atoms with van der Waals surface area (Å²) in [6.07, 6.45) is 2.73. The van der Waals surface area contributed by atoms with Gasteiger partial charge in [0.2, 0.25) is 0 Å². The topological polar surface area (TPSA) is 35.5 Å². The van der Waals surface area contributed by atoms with Gasteiger partial charge in [0.25, 0.3) is 0 Å². The molecule has 2 rings (SSSR count). The van der Waals surface area contributed by atoms with E-state index in [4.69, 9.17) is 23.2 Å². The molecule has 0 saturated carbocycles. The molecule has 0 spiro atoms. The third-order valence-corrected chi connectivity index (χ3v) is 6.97. The molecule has 0 amide bonds. The van der Waals surface area contributed by atoms with Crippen molar-refractivity contribution < 1.29 is 5.11 Å². The molecule has 2 N–H and O–H groups in total. The molecule has 0 bridgehead atoms. The van der Waals surface area contributed by atoms with Crippen molar-refractivity contribution >= 4 is 51.1 Å². The van der Waals surface area contributed by atoms with Crippen molar-refractivity contribution in [3.63, 3.8) is 0 Å². The van der Waals surface area contributed by atoms with Crippen LogP contribution in [-0.4, -0.2) is 41.2 Å². The minimum Gasteiger partial charge on any atom is -0.390 e. The number of hydrogen-bond acceptors (Lipinski definition) is 4. The molecule has 160 valence electrons. The molecule has 0 heterocycles. The number of hydrogen-bond donors (Lipinski definition) is 2. The summed E-state index contributed by atoms with van der Waals surface area (Å²) in [5.74, 6) is 0. The molecule has 2 aromatic carbocycles. The average molecular weight is 520 g/mol. The van der Waals surface area contributed by atoms with E-state index in [0.717, 1.165) is 28.6 Å². The van der Waals surface area contributed by atoms with E-state index in [2.05, 4.69) is 59.4 Å². The zero-order valence-electron chi connectivity index (χ0n) is 17.1. The SMILES string of the molecule is CN(CC(O)CNC(C)(C)CCCc1ccccc1)Sc1c(Cl)cc(Br)cc1Cl. The summed E-state index contributed by atoms with van der Waals surface area (Å²) in [4.78, 5) is 0.792. The van der Waals surface area contributed by atoms with Gasteiger partial charge in [0.05, 0.1) is 21.0 Å². The first kappa shape index (κ1) is 25.0. The summed E-state index contributed by atoms with van der Waals surface area (Å²) in [5, 5.41) is 15.1. The fourth-order valence-corrected chi connectivity index (χ4v) is 5.30. The van der Waals surface area contributed by atoms with E-state index in [1.54, 1.807) is 0 Å². The summed E-state index contributed by atoms with van der Waals surface area (Å²) in [6, 6.07) is 14.2. The van der Waals surface area contributed by atoms with Crippen molar-refractivity contribution in [2.75, 3.05) is 20.1 Å². The van der Waals surface area contributed by atoms with Gasteiger partial charge in [0.15, 0.2) is 0 Å². The standard InChI is InChI=1S/C22H29BrCl2N2OS/c1-22(2,11-7-10-16-8-5-4-6-9-16)26-14-18(28)15-27(3)29-21-19(24)12-17(23)13-20(21)25/h4-6,8-9,12-13,18,26,28H,7,10-11,14-15H2,1-3H3. The van der Waals surface area contributed by atoms with Crippen LogP contribution in [0.15, 0.2) is 51.8 Å². The van der Waals surface area contributed by atoms with Crippen LogP contribution in [0.1, 0.15) is 32.3 Å². The fraction of sp³-hybridized carbons (Fsp3) is 0.455. The quantitative estimate of drug-likeness (QED) is 0.334. The first-order valence-corrected chi connectivity index (χ1v) is 12.0. The van der Waals surface area contributed by atoms with Gasteiger partial charge < -0.3 is 10.4 Å². The largest absolute Gasteiger partial charge is 0.390 e. The lowest BCUT2D eigenvalue weighted by molar-refractivity contribution is 0.140. The van der Waals surface area contributed by atoms with E-state index in [9.17, 15) is 5.11 Å². The fourth-order valence-electron chi connectivity index (χ4n) is 3.03. The summed E-state index contributed by atoms with van der Waals surface area (Å²) in [5.41, 5.74) is 1.34.